The number of nitrogens with one attached hydrogen (secondary N) is 3. The maximum Gasteiger partial charge on any atom is 0.321 e. The molecular formula is C19H22N4O3. The van der Waals surface area contributed by atoms with E-state index >= 15 is 0 Å². The summed E-state index contributed by atoms with van der Waals surface area (Å²) >= 11 is 0. The van der Waals surface area contributed by atoms with Crippen molar-refractivity contribution in [2.45, 2.75) is 0 Å². The van der Waals surface area contributed by atoms with Crippen molar-refractivity contribution in [3.05, 3.63) is 55.1 Å². The van der Waals surface area contributed by atoms with Gasteiger partial charge in [-0.15, -0.1) is 6.58 Å². The zero-order valence-electron chi connectivity index (χ0n) is 14.6. The molecule has 3 N–H and O–H groups in total. The third kappa shape index (κ3) is 5.71. The monoisotopic (exact) mass is 354 g/mol. The lowest BCUT2D eigenvalue weighted by Gasteiger charge is -2.16. The molecule has 0 bridgehead atoms. The molecule has 0 atom stereocenters. The summed E-state index contributed by atoms with van der Waals surface area (Å²) in [5.74, 6) is -0.736. The average Bonchev–Trinajstić information content (AvgIpc) is 2.59. The molecular weight excluding hydrogens is 332 g/mol. The number of nitrogens with zero attached hydrogens (tertiary/aromatic N) is 1. The van der Waals surface area contributed by atoms with Crippen molar-refractivity contribution in [2.75, 3.05) is 32.0 Å². The number of urea groups is 1. The van der Waals surface area contributed by atoms with Gasteiger partial charge in [-0.2, -0.15) is 0 Å². The quantitative estimate of drug-likeness (QED) is 0.661. The Balaban J connectivity index is 1.86. The van der Waals surface area contributed by atoms with E-state index in [0.717, 1.165) is 16.5 Å². The van der Waals surface area contributed by atoms with Gasteiger partial charge < -0.3 is 10.6 Å². The molecule has 2 aromatic carbocycles. The molecule has 0 fully saturated rings. The van der Waals surface area contributed by atoms with Gasteiger partial charge in [-0.1, -0.05) is 42.5 Å². The fraction of sp³-hybridized carbons (Fsp3) is 0.211. The molecule has 7 heteroatoms. The standard InChI is InChI=1S/C19H22N4O3/c1-3-11-20-19(26)22-18(25)13-23(2)12-17(24)21-16-10-6-8-14-7-4-5-9-15(14)16/h3-10H,1,11-13H2,2H3,(H,21,24)(H2,20,22,25,26). The number of anilines is 1. The molecule has 0 radical (unpaired) electrons. The fourth-order valence-corrected chi connectivity index (χ4v) is 2.45. The van der Waals surface area contributed by atoms with E-state index in [-0.39, 0.29) is 25.5 Å². The first-order chi connectivity index (χ1) is 12.5. The summed E-state index contributed by atoms with van der Waals surface area (Å²) in [7, 11) is 1.63. The number of amides is 4. The van der Waals surface area contributed by atoms with Crippen LogP contribution in [0.25, 0.3) is 10.8 Å². The van der Waals surface area contributed by atoms with Gasteiger partial charge in [0.2, 0.25) is 11.8 Å². The van der Waals surface area contributed by atoms with E-state index in [9.17, 15) is 14.4 Å². The van der Waals surface area contributed by atoms with Gasteiger partial charge in [0.15, 0.2) is 0 Å². The van der Waals surface area contributed by atoms with Crippen molar-refractivity contribution in [1.82, 2.24) is 15.5 Å². The van der Waals surface area contributed by atoms with E-state index in [1.54, 1.807) is 7.05 Å². The van der Waals surface area contributed by atoms with Crippen LogP contribution in [0, 0.1) is 0 Å². The highest BCUT2D eigenvalue weighted by Crippen LogP contribution is 2.22. The van der Waals surface area contributed by atoms with E-state index in [1.807, 2.05) is 42.5 Å². The second-order valence-corrected chi connectivity index (χ2v) is 5.79. The number of imide groups is 1. The van der Waals surface area contributed by atoms with E-state index < -0.39 is 11.9 Å². The Kier molecular flexibility index (Phi) is 6.87. The van der Waals surface area contributed by atoms with Crippen molar-refractivity contribution < 1.29 is 14.4 Å². The predicted octanol–water partition coefficient (Wildman–Crippen LogP) is 1.72. The minimum atomic E-state index is -0.594. The highest BCUT2D eigenvalue weighted by Gasteiger charge is 2.13. The molecule has 2 aromatic rings. The van der Waals surface area contributed by atoms with Crippen LogP contribution < -0.4 is 16.0 Å². The molecule has 0 heterocycles. The highest BCUT2D eigenvalue weighted by molar-refractivity contribution is 6.03. The zero-order valence-corrected chi connectivity index (χ0v) is 14.6. The van der Waals surface area contributed by atoms with Crippen LogP contribution in [0.4, 0.5) is 10.5 Å². The number of rotatable bonds is 7. The Morgan fingerprint density at radius 2 is 1.73 bits per heavy atom. The van der Waals surface area contributed by atoms with E-state index in [1.165, 1.54) is 11.0 Å². The second-order valence-electron chi connectivity index (χ2n) is 5.79. The van der Waals surface area contributed by atoms with Crippen molar-refractivity contribution >= 4 is 34.3 Å². The Morgan fingerprint density at radius 1 is 1.04 bits per heavy atom. The van der Waals surface area contributed by atoms with E-state index in [4.69, 9.17) is 0 Å². The molecule has 0 aliphatic heterocycles. The summed E-state index contributed by atoms with van der Waals surface area (Å²) in [5.41, 5.74) is 0.717. The summed E-state index contributed by atoms with van der Waals surface area (Å²) in [6.45, 7) is 3.67. The number of carbonyl (C=O) groups is 3. The first kappa shape index (κ1) is 19.1. The predicted molar refractivity (Wildman–Crippen MR) is 102 cm³/mol. The molecule has 0 unspecified atom stereocenters. The minimum absolute atomic E-state index is 0.0188. The molecule has 0 saturated heterocycles. The summed E-state index contributed by atoms with van der Waals surface area (Å²) in [6.07, 6.45) is 1.51. The Bertz CT molecular complexity index is 814. The number of benzene rings is 2. The topological polar surface area (TPSA) is 90.5 Å². The van der Waals surface area contributed by atoms with Gasteiger partial charge >= 0.3 is 6.03 Å². The summed E-state index contributed by atoms with van der Waals surface area (Å²) in [6, 6.07) is 12.8. The molecule has 2 rings (SSSR count). The molecule has 136 valence electrons. The first-order valence-corrected chi connectivity index (χ1v) is 8.14. The maximum absolute atomic E-state index is 12.2. The van der Waals surface area contributed by atoms with Crippen LogP contribution in [0.2, 0.25) is 0 Å². The van der Waals surface area contributed by atoms with Crippen LogP contribution >= 0.6 is 0 Å². The number of carbonyl (C=O) groups excluding carboxylic acids is 3. The largest absolute Gasteiger partial charge is 0.334 e. The normalized spacial score (nSPS) is 10.4. The number of fused-ring (bicyclic) bond motifs is 1. The third-order valence-electron chi connectivity index (χ3n) is 3.55. The zero-order chi connectivity index (χ0) is 18.9. The summed E-state index contributed by atoms with van der Waals surface area (Å²) in [5, 5.41) is 9.46. The first-order valence-electron chi connectivity index (χ1n) is 8.14. The minimum Gasteiger partial charge on any atom is -0.334 e. The molecule has 0 saturated carbocycles. The van der Waals surface area contributed by atoms with Crippen LogP contribution in [-0.2, 0) is 9.59 Å². The number of likely N-dealkylation sites (N-methyl/N-ethyl adjacent to an activating group) is 1. The van der Waals surface area contributed by atoms with Crippen LogP contribution in [-0.4, -0.2) is 49.4 Å². The lowest BCUT2D eigenvalue weighted by molar-refractivity contribution is -0.122. The van der Waals surface area contributed by atoms with Crippen molar-refractivity contribution in [2.24, 2.45) is 0 Å². The molecule has 26 heavy (non-hydrogen) atoms. The van der Waals surface area contributed by atoms with E-state index in [2.05, 4.69) is 22.5 Å². The van der Waals surface area contributed by atoms with Crippen molar-refractivity contribution in [3.63, 3.8) is 0 Å². The van der Waals surface area contributed by atoms with Gasteiger partial charge in [-0.3, -0.25) is 19.8 Å². The summed E-state index contributed by atoms with van der Waals surface area (Å²) in [4.78, 5) is 36.9. The third-order valence-corrected chi connectivity index (χ3v) is 3.55. The SMILES string of the molecule is C=CCNC(=O)NC(=O)CN(C)CC(=O)Nc1cccc2ccccc12. The molecule has 0 aliphatic rings. The van der Waals surface area contributed by atoms with Crippen molar-refractivity contribution in [1.29, 1.82) is 0 Å². The molecule has 7 nitrogen and oxygen atoms in total. The fourth-order valence-electron chi connectivity index (χ4n) is 2.45. The lowest BCUT2D eigenvalue weighted by Crippen LogP contribution is -2.45. The maximum atomic E-state index is 12.2. The number of hydrogen-bond donors (Lipinski definition) is 3. The summed E-state index contributed by atoms with van der Waals surface area (Å²) < 4.78 is 0. The smallest absolute Gasteiger partial charge is 0.321 e. The van der Waals surface area contributed by atoms with Gasteiger partial charge in [0, 0.05) is 17.6 Å². The van der Waals surface area contributed by atoms with Crippen LogP contribution in [0.5, 0.6) is 0 Å². The molecule has 0 aliphatic carbocycles. The van der Waals surface area contributed by atoms with Crippen molar-refractivity contribution in [3.8, 4) is 0 Å². The van der Waals surface area contributed by atoms with Gasteiger partial charge in [-0.25, -0.2) is 4.79 Å². The number of hydrogen-bond acceptors (Lipinski definition) is 4. The molecule has 0 spiro atoms. The Hall–Kier alpha value is -3.19. The molecule has 4 amide bonds. The van der Waals surface area contributed by atoms with Gasteiger partial charge in [-0.05, 0) is 18.5 Å². The Labute approximate surface area is 152 Å². The van der Waals surface area contributed by atoms with Crippen LogP contribution in [0.15, 0.2) is 55.1 Å². The highest BCUT2D eigenvalue weighted by atomic mass is 16.2. The van der Waals surface area contributed by atoms with E-state index in [0.29, 0.717) is 0 Å². The van der Waals surface area contributed by atoms with Crippen LogP contribution in [0.1, 0.15) is 0 Å². The lowest BCUT2D eigenvalue weighted by atomic mass is 10.1. The Morgan fingerprint density at radius 3 is 2.50 bits per heavy atom. The van der Waals surface area contributed by atoms with Gasteiger partial charge in [0.25, 0.3) is 0 Å². The average molecular weight is 354 g/mol. The molecule has 0 aromatic heterocycles. The van der Waals surface area contributed by atoms with Crippen LogP contribution in [0.3, 0.4) is 0 Å². The van der Waals surface area contributed by atoms with Gasteiger partial charge in [0.05, 0.1) is 13.1 Å². The second kappa shape index (κ2) is 9.33. The van der Waals surface area contributed by atoms with Gasteiger partial charge in [0.1, 0.15) is 0 Å².